The second-order valence-corrected chi connectivity index (χ2v) is 2.26. The van der Waals surface area contributed by atoms with Crippen molar-refractivity contribution in [2.75, 3.05) is 0 Å². The minimum absolute atomic E-state index is 0. The van der Waals surface area contributed by atoms with Crippen LogP contribution in [0.4, 0.5) is 0 Å². The minimum Gasteiger partial charge on any atom is -0.147 e. The molecule has 0 atom stereocenters. The molecule has 0 aliphatic heterocycles. The van der Waals surface area contributed by atoms with Crippen LogP contribution in [0.3, 0.4) is 0 Å². The van der Waals surface area contributed by atoms with Gasteiger partial charge in [-0.05, 0) is 0 Å². The molecule has 0 heterocycles. The van der Waals surface area contributed by atoms with Crippen LogP contribution in [0.15, 0.2) is 42.5 Å². The minimum atomic E-state index is 0. The van der Waals surface area contributed by atoms with Crippen molar-refractivity contribution in [2.24, 2.45) is 0 Å². The predicted molar refractivity (Wildman–Crippen MR) is 42.8 cm³/mol. The molecule has 0 nitrogen and oxygen atoms in total. The molecule has 0 saturated carbocycles. The Bertz CT molecular complexity index is 276. The summed E-state index contributed by atoms with van der Waals surface area (Å²) in [6.07, 6.45) is 0. The second-order valence-electron chi connectivity index (χ2n) is 2.26. The average molecular weight is 179 g/mol. The van der Waals surface area contributed by atoms with E-state index in [9.17, 15) is 0 Å². The number of rotatable bonds is 0. The van der Waals surface area contributed by atoms with Gasteiger partial charge in [0.15, 0.2) is 0 Å². The molecular formula is C10H7Cr-. The van der Waals surface area contributed by atoms with E-state index in [0.29, 0.717) is 0 Å². The van der Waals surface area contributed by atoms with Gasteiger partial charge in [-0.2, -0.15) is 0 Å². The summed E-state index contributed by atoms with van der Waals surface area (Å²) >= 11 is 0. The number of benzene rings is 2. The molecule has 0 spiro atoms. The maximum absolute atomic E-state index is 3.15. The number of hydrogen-bond donors (Lipinski definition) is 0. The molecule has 11 heavy (non-hydrogen) atoms. The van der Waals surface area contributed by atoms with Crippen molar-refractivity contribution in [2.45, 2.75) is 0 Å². The van der Waals surface area contributed by atoms with Crippen molar-refractivity contribution < 1.29 is 17.4 Å². The Labute approximate surface area is 77.0 Å². The molecule has 0 unspecified atom stereocenters. The van der Waals surface area contributed by atoms with E-state index < -0.39 is 0 Å². The summed E-state index contributed by atoms with van der Waals surface area (Å²) in [7, 11) is 0. The Balaban J connectivity index is 0.000000605. The van der Waals surface area contributed by atoms with Gasteiger partial charge in [-0.1, -0.05) is 12.1 Å². The van der Waals surface area contributed by atoms with Gasteiger partial charge in [-0.3, -0.25) is 0 Å². The maximum Gasteiger partial charge on any atom is 0 e. The van der Waals surface area contributed by atoms with Crippen molar-refractivity contribution in [1.29, 1.82) is 0 Å². The third-order valence-electron chi connectivity index (χ3n) is 1.57. The van der Waals surface area contributed by atoms with E-state index in [2.05, 4.69) is 24.3 Å². The largest absolute Gasteiger partial charge is 0.147 e. The van der Waals surface area contributed by atoms with Crippen molar-refractivity contribution in [3.8, 4) is 0 Å². The first-order valence-corrected chi connectivity index (χ1v) is 3.32. The van der Waals surface area contributed by atoms with Crippen LogP contribution in [0.1, 0.15) is 0 Å². The Morgan fingerprint density at radius 3 is 2.45 bits per heavy atom. The van der Waals surface area contributed by atoms with E-state index in [1.54, 1.807) is 0 Å². The summed E-state index contributed by atoms with van der Waals surface area (Å²) in [5.74, 6) is 0. The molecule has 0 bridgehead atoms. The molecule has 0 radical (unpaired) electrons. The summed E-state index contributed by atoms with van der Waals surface area (Å²) in [5, 5.41) is 2.44. The Kier molecular flexibility index (Phi) is 2.71. The van der Waals surface area contributed by atoms with E-state index in [4.69, 9.17) is 0 Å². The van der Waals surface area contributed by atoms with Gasteiger partial charge in [0, 0.05) is 17.4 Å². The Morgan fingerprint density at radius 1 is 0.909 bits per heavy atom. The van der Waals surface area contributed by atoms with Gasteiger partial charge < -0.3 is 0 Å². The van der Waals surface area contributed by atoms with E-state index in [-0.39, 0.29) is 17.4 Å². The maximum atomic E-state index is 3.15. The van der Waals surface area contributed by atoms with Gasteiger partial charge in [-0.15, -0.1) is 47.2 Å². The first-order valence-electron chi connectivity index (χ1n) is 3.32. The van der Waals surface area contributed by atoms with Crippen LogP contribution in [0.25, 0.3) is 10.8 Å². The van der Waals surface area contributed by atoms with Crippen LogP contribution in [-0.4, -0.2) is 0 Å². The van der Waals surface area contributed by atoms with Crippen molar-refractivity contribution >= 4 is 10.8 Å². The number of fused-ring (bicyclic) bond motifs is 1. The van der Waals surface area contributed by atoms with Crippen LogP contribution in [0, 0.1) is 6.07 Å². The average Bonchev–Trinajstić information content (AvgIpc) is 2.05. The van der Waals surface area contributed by atoms with Crippen molar-refractivity contribution in [1.82, 2.24) is 0 Å². The van der Waals surface area contributed by atoms with Gasteiger partial charge in [0.05, 0.1) is 0 Å². The van der Waals surface area contributed by atoms with Crippen molar-refractivity contribution in [3.63, 3.8) is 0 Å². The van der Waals surface area contributed by atoms with E-state index in [1.807, 2.05) is 24.3 Å². The van der Waals surface area contributed by atoms with Gasteiger partial charge >= 0.3 is 0 Å². The molecule has 2 rings (SSSR count). The van der Waals surface area contributed by atoms with Gasteiger partial charge in [-0.25, -0.2) is 0 Å². The smallest absolute Gasteiger partial charge is 0 e. The molecule has 0 aliphatic carbocycles. The van der Waals surface area contributed by atoms with Gasteiger partial charge in [0.25, 0.3) is 0 Å². The normalized spacial score (nSPS) is 9.09. The molecule has 0 aliphatic rings. The first kappa shape index (κ1) is 8.33. The van der Waals surface area contributed by atoms with E-state index in [0.717, 1.165) is 0 Å². The van der Waals surface area contributed by atoms with Gasteiger partial charge in [0.1, 0.15) is 0 Å². The zero-order valence-electron chi connectivity index (χ0n) is 5.95. The third-order valence-corrected chi connectivity index (χ3v) is 1.57. The topological polar surface area (TPSA) is 0 Å². The summed E-state index contributed by atoms with van der Waals surface area (Å²) in [6.45, 7) is 0. The Morgan fingerprint density at radius 2 is 1.64 bits per heavy atom. The zero-order chi connectivity index (χ0) is 6.81. The second kappa shape index (κ2) is 3.57. The SMILES string of the molecule is [Cr].[c-]1cccc2ccccc12. The molecule has 54 valence electrons. The quantitative estimate of drug-likeness (QED) is 0.545. The summed E-state index contributed by atoms with van der Waals surface area (Å²) in [4.78, 5) is 0. The number of hydrogen-bond acceptors (Lipinski definition) is 0. The molecule has 0 aromatic heterocycles. The van der Waals surface area contributed by atoms with Crippen LogP contribution in [0.2, 0.25) is 0 Å². The van der Waals surface area contributed by atoms with E-state index >= 15 is 0 Å². The van der Waals surface area contributed by atoms with Crippen LogP contribution < -0.4 is 0 Å². The fraction of sp³-hybridized carbons (Fsp3) is 0. The fourth-order valence-electron chi connectivity index (χ4n) is 1.06. The molecule has 1 heteroatoms. The van der Waals surface area contributed by atoms with E-state index in [1.165, 1.54) is 10.8 Å². The third kappa shape index (κ3) is 1.63. The molecule has 0 amide bonds. The van der Waals surface area contributed by atoms with Crippen LogP contribution in [-0.2, 0) is 17.4 Å². The monoisotopic (exact) mass is 179 g/mol. The standard InChI is InChI=1S/C10H7.Cr/c1-2-6-10-8-4-3-7-9(10)5-1;/h1-7H;/q-1;. The summed E-state index contributed by atoms with van der Waals surface area (Å²) in [5.41, 5.74) is 0. The molecule has 0 saturated heterocycles. The fourth-order valence-corrected chi connectivity index (χ4v) is 1.06. The molecule has 2 aromatic rings. The molecule has 0 fully saturated rings. The molecule has 2 aromatic carbocycles. The predicted octanol–water partition coefficient (Wildman–Crippen LogP) is 2.64. The molecular weight excluding hydrogens is 172 g/mol. The molecule has 0 N–H and O–H groups in total. The van der Waals surface area contributed by atoms with Gasteiger partial charge in [0.2, 0.25) is 0 Å². The van der Waals surface area contributed by atoms with Crippen LogP contribution in [0.5, 0.6) is 0 Å². The van der Waals surface area contributed by atoms with Crippen molar-refractivity contribution in [3.05, 3.63) is 48.5 Å². The Hall–Kier alpha value is -0.768. The summed E-state index contributed by atoms with van der Waals surface area (Å²) < 4.78 is 0. The zero-order valence-corrected chi connectivity index (χ0v) is 7.22. The first-order chi connectivity index (χ1) is 4.97. The summed E-state index contributed by atoms with van der Waals surface area (Å²) in [6, 6.07) is 17.4. The van der Waals surface area contributed by atoms with Crippen LogP contribution >= 0.6 is 0 Å².